The fourth-order valence-electron chi connectivity index (χ4n) is 3.96. The summed E-state index contributed by atoms with van der Waals surface area (Å²) in [6.45, 7) is 6.09. The van der Waals surface area contributed by atoms with E-state index < -0.39 is 28.5 Å². The van der Waals surface area contributed by atoms with Crippen LogP contribution in [-0.2, 0) is 5.66 Å². The molecule has 1 N–H and O–H groups in total. The first-order valence-electron chi connectivity index (χ1n) is 8.36. The number of carboxylic acid groups (broad SMARTS) is 1. The minimum Gasteiger partial charge on any atom is -0.465 e. The van der Waals surface area contributed by atoms with E-state index in [1.807, 2.05) is 20.8 Å². The lowest BCUT2D eigenvalue weighted by molar-refractivity contribution is -0.0864. The molecule has 1 aromatic heterocycles. The van der Waals surface area contributed by atoms with Crippen LogP contribution in [0.1, 0.15) is 40.0 Å². The summed E-state index contributed by atoms with van der Waals surface area (Å²) in [4.78, 5) is 30.7. The largest absolute Gasteiger partial charge is 0.465 e. The number of benzene rings is 1. The van der Waals surface area contributed by atoms with Crippen molar-refractivity contribution in [2.45, 2.75) is 45.7 Å². The zero-order valence-corrected chi connectivity index (χ0v) is 14.6. The molecule has 0 bridgehead atoms. The molecular weight excluding hydrogens is 325 g/mol. The number of likely N-dealkylation sites (tertiary alicyclic amines) is 1. The van der Waals surface area contributed by atoms with Crippen LogP contribution in [0.3, 0.4) is 0 Å². The predicted octanol–water partition coefficient (Wildman–Crippen LogP) is 3.40. The van der Waals surface area contributed by atoms with Crippen molar-refractivity contribution < 1.29 is 14.3 Å². The summed E-state index contributed by atoms with van der Waals surface area (Å²) < 4.78 is 15.0. The minimum absolute atomic E-state index is 0.155. The number of halogens is 1. The van der Waals surface area contributed by atoms with Crippen LogP contribution in [0.4, 0.5) is 9.18 Å². The van der Waals surface area contributed by atoms with Gasteiger partial charge in [-0.1, -0.05) is 20.8 Å². The highest BCUT2D eigenvalue weighted by Crippen LogP contribution is 2.46. The van der Waals surface area contributed by atoms with E-state index in [0.717, 1.165) is 18.9 Å². The summed E-state index contributed by atoms with van der Waals surface area (Å²) in [6.07, 6.45) is 2.38. The van der Waals surface area contributed by atoms with Gasteiger partial charge in [-0.2, -0.15) is 0 Å². The Morgan fingerprint density at radius 2 is 2.04 bits per heavy atom. The highest BCUT2D eigenvalue weighted by Gasteiger charge is 2.52. The van der Waals surface area contributed by atoms with Gasteiger partial charge in [0.1, 0.15) is 17.8 Å². The van der Waals surface area contributed by atoms with Crippen LogP contribution in [-0.4, -0.2) is 32.2 Å². The lowest BCUT2D eigenvalue weighted by atomic mass is 9.74. The Balaban J connectivity index is 2.35. The van der Waals surface area contributed by atoms with Crippen LogP contribution in [0.2, 0.25) is 0 Å². The number of nitrogens with zero attached hydrogens (tertiary/aromatic N) is 3. The maximum atomic E-state index is 13.6. The van der Waals surface area contributed by atoms with Crippen LogP contribution >= 0.6 is 0 Å². The second kappa shape index (κ2) is 5.82. The van der Waals surface area contributed by atoms with Gasteiger partial charge >= 0.3 is 6.09 Å². The number of carbonyl (C=O) groups is 1. The number of piperidine rings is 1. The van der Waals surface area contributed by atoms with Crippen molar-refractivity contribution >= 4 is 17.0 Å². The van der Waals surface area contributed by atoms with Crippen molar-refractivity contribution in [1.29, 1.82) is 0 Å². The maximum absolute atomic E-state index is 13.6. The zero-order valence-electron chi connectivity index (χ0n) is 14.6. The van der Waals surface area contributed by atoms with Crippen molar-refractivity contribution in [2.75, 3.05) is 6.54 Å². The summed E-state index contributed by atoms with van der Waals surface area (Å²) in [5.74, 6) is -0.521. The van der Waals surface area contributed by atoms with E-state index in [9.17, 15) is 19.1 Å². The third-order valence-corrected chi connectivity index (χ3v) is 5.15. The molecule has 25 heavy (non-hydrogen) atoms. The van der Waals surface area contributed by atoms with Gasteiger partial charge in [0.15, 0.2) is 0 Å². The average molecular weight is 347 g/mol. The molecule has 1 saturated heterocycles. The molecular formula is C18H22FN3O3. The summed E-state index contributed by atoms with van der Waals surface area (Å²) in [5, 5.41) is 9.93. The van der Waals surface area contributed by atoms with E-state index in [-0.39, 0.29) is 5.39 Å². The van der Waals surface area contributed by atoms with Crippen molar-refractivity contribution in [3.63, 3.8) is 0 Å². The highest BCUT2D eigenvalue weighted by molar-refractivity contribution is 5.77. The molecule has 0 saturated carbocycles. The van der Waals surface area contributed by atoms with E-state index in [4.69, 9.17) is 0 Å². The fraction of sp³-hybridized carbons (Fsp3) is 0.500. The zero-order chi connectivity index (χ0) is 18.4. The molecule has 1 amide bonds. The Morgan fingerprint density at radius 3 is 2.68 bits per heavy atom. The van der Waals surface area contributed by atoms with Gasteiger partial charge < -0.3 is 5.11 Å². The molecule has 3 rings (SSSR count). The van der Waals surface area contributed by atoms with Crippen molar-refractivity contribution in [2.24, 2.45) is 5.41 Å². The van der Waals surface area contributed by atoms with E-state index >= 15 is 0 Å². The molecule has 134 valence electrons. The van der Waals surface area contributed by atoms with Gasteiger partial charge in [0.05, 0.1) is 10.9 Å². The summed E-state index contributed by atoms with van der Waals surface area (Å²) in [6, 6.07) is 3.87. The number of rotatable bonds is 1. The first-order valence-corrected chi connectivity index (χ1v) is 8.36. The molecule has 1 aromatic carbocycles. The monoisotopic (exact) mass is 347 g/mol. The summed E-state index contributed by atoms with van der Waals surface area (Å²) in [5.41, 5.74) is -1.66. The lowest BCUT2D eigenvalue weighted by Gasteiger charge is -2.54. The average Bonchev–Trinajstić information content (AvgIpc) is 2.54. The third-order valence-electron chi connectivity index (χ3n) is 5.15. The first kappa shape index (κ1) is 17.4. The molecule has 0 unspecified atom stereocenters. The van der Waals surface area contributed by atoms with Crippen LogP contribution < -0.4 is 5.56 Å². The Hall–Kier alpha value is -2.44. The lowest BCUT2D eigenvalue weighted by Crippen LogP contribution is -2.64. The molecule has 6 nitrogen and oxygen atoms in total. The van der Waals surface area contributed by atoms with Crippen molar-refractivity contribution in [3.05, 3.63) is 40.7 Å². The molecule has 7 heteroatoms. The van der Waals surface area contributed by atoms with Crippen LogP contribution in [0.25, 0.3) is 10.9 Å². The van der Waals surface area contributed by atoms with Gasteiger partial charge in [-0.25, -0.2) is 14.2 Å². The fourth-order valence-corrected chi connectivity index (χ4v) is 3.96. The van der Waals surface area contributed by atoms with Crippen molar-refractivity contribution in [1.82, 2.24) is 14.5 Å². The van der Waals surface area contributed by atoms with E-state index in [2.05, 4.69) is 4.98 Å². The standard InChI is InChI=1S/C18H22FN3O3/c1-17(2,3)18(8-4-5-9-21(18)16(24)25)22-11-20-14-7-6-12(19)10-13(14)15(22)23/h6-7,10-11H,4-5,8-9H2,1-3H3,(H,24,25)/t18-/m0/s1. The number of fused-ring (bicyclic) bond motifs is 1. The van der Waals surface area contributed by atoms with Crippen LogP contribution in [0.15, 0.2) is 29.3 Å². The Morgan fingerprint density at radius 1 is 1.32 bits per heavy atom. The molecule has 1 fully saturated rings. The smallest absolute Gasteiger partial charge is 0.409 e. The second-order valence-corrected chi connectivity index (χ2v) is 7.54. The number of amides is 1. The molecule has 2 heterocycles. The Kier molecular flexibility index (Phi) is 4.05. The van der Waals surface area contributed by atoms with Gasteiger partial charge in [0.2, 0.25) is 0 Å². The van der Waals surface area contributed by atoms with E-state index in [1.165, 1.54) is 27.9 Å². The van der Waals surface area contributed by atoms with Gasteiger partial charge in [-0.3, -0.25) is 14.3 Å². The van der Waals surface area contributed by atoms with Crippen LogP contribution in [0, 0.1) is 11.2 Å². The molecule has 0 aliphatic carbocycles. The molecule has 0 spiro atoms. The molecule has 1 aliphatic heterocycles. The van der Waals surface area contributed by atoms with Gasteiger partial charge in [-0.05, 0) is 37.5 Å². The number of hydrogen-bond acceptors (Lipinski definition) is 3. The molecule has 0 radical (unpaired) electrons. The first-order chi connectivity index (χ1) is 11.7. The Labute approximate surface area is 144 Å². The number of aromatic nitrogens is 2. The van der Waals surface area contributed by atoms with Crippen LogP contribution in [0.5, 0.6) is 0 Å². The maximum Gasteiger partial charge on any atom is 0.409 e. The predicted molar refractivity (Wildman–Crippen MR) is 92.0 cm³/mol. The normalized spacial score (nSPS) is 21.5. The van der Waals surface area contributed by atoms with Gasteiger partial charge in [0.25, 0.3) is 5.56 Å². The molecule has 2 aromatic rings. The topological polar surface area (TPSA) is 75.4 Å². The quantitative estimate of drug-likeness (QED) is 0.858. The van der Waals surface area contributed by atoms with Gasteiger partial charge in [-0.15, -0.1) is 0 Å². The summed E-state index contributed by atoms with van der Waals surface area (Å²) >= 11 is 0. The van der Waals surface area contributed by atoms with Gasteiger partial charge in [0, 0.05) is 12.0 Å². The SMILES string of the molecule is CC(C)(C)[C@@]1(n2cnc3ccc(F)cc3c2=O)CCCCN1C(=O)O. The second-order valence-electron chi connectivity index (χ2n) is 7.54. The van der Waals surface area contributed by atoms with Crippen molar-refractivity contribution in [3.8, 4) is 0 Å². The van der Waals surface area contributed by atoms with E-state index in [1.54, 1.807) is 0 Å². The third kappa shape index (κ3) is 2.58. The highest BCUT2D eigenvalue weighted by atomic mass is 19.1. The summed E-state index contributed by atoms with van der Waals surface area (Å²) in [7, 11) is 0. The van der Waals surface area contributed by atoms with E-state index in [0.29, 0.717) is 18.5 Å². The minimum atomic E-state index is -1.07. The Bertz CT molecular complexity index is 887. The molecule has 1 atom stereocenters. The molecule has 1 aliphatic rings. The number of hydrogen-bond donors (Lipinski definition) is 1.